The third-order valence-electron chi connectivity index (χ3n) is 2.95. The van der Waals surface area contributed by atoms with Crippen LogP contribution in [0.2, 0.25) is 0 Å². The highest BCUT2D eigenvalue weighted by Crippen LogP contribution is 2.19. The largest absolute Gasteiger partial charge is 0.264 e. The van der Waals surface area contributed by atoms with Gasteiger partial charge in [-0.05, 0) is 53.1 Å². The second-order valence-corrected chi connectivity index (χ2v) is 5.28. The topological polar surface area (TPSA) is 17.8 Å². The van der Waals surface area contributed by atoms with E-state index in [1.165, 1.54) is 15.3 Å². The number of hydrogen-bond donors (Lipinski definition) is 0. The van der Waals surface area contributed by atoms with Gasteiger partial charge in [0.1, 0.15) is 5.82 Å². The molecular formula is C14H16FIN2. The molecule has 0 atom stereocenters. The van der Waals surface area contributed by atoms with E-state index in [0.717, 1.165) is 24.1 Å². The summed E-state index contributed by atoms with van der Waals surface area (Å²) in [4.78, 5) is 0. The molecule has 2 aromatic rings. The molecule has 96 valence electrons. The Bertz CT molecular complexity index is 549. The van der Waals surface area contributed by atoms with Crippen molar-refractivity contribution in [3.63, 3.8) is 0 Å². The fourth-order valence-corrected chi connectivity index (χ4v) is 3.18. The number of halogens is 2. The summed E-state index contributed by atoms with van der Waals surface area (Å²) >= 11 is 2.35. The molecule has 4 heteroatoms. The minimum absolute atomic E-state index is 0.192. The first-order valence-electron chi connectivity index (χ1n) is 6.14. The minimum Gasteiger partial charge on any atom is -0.264 e. The van der Waals surface area contributed by atoms with Crippen LogP contribution < -0.4 is 0 Å². The third-order valence-corrected chi connectivity index (χ3v) is 4.20. The lowest BCUT2D eigenvalue weighted by molar-refractivity contribution is 0.611. The third kappa shape index (κ3) is 2.74. The van der Waals surface area contributed by atoms with E-state index in [0.29, 0.717) is 6.54 Å². The fraction of sp³-hybridized carbons (Fsp3) is 0.357. The molecule has 0 amide bonds. The van der Waals surface area contributed by atoms with E-state index >= 15 is 0 Å². The fourth-order valence-electron chi connectivity index (χ4n) is 2.03. The van der Waals surface area contributed by atoms with E-state index in [2.05, 4.69) is 41.5 Å². The number of rotatable bonds is 4. The Morgan fingerprint density at radius 3 is 2.67 bits per heavy atom. The standard InChI is InChI=1S/C14H16FIN2/c1-3-12-14(16)13(4-2)18(17-12)9-10-6-5-7-11(15)8-10/h5-8H,3-4,9H2,1-2H3. The van der Waals surface area contributed by atoms with Gasteiger partial charge in [0, 0.05) is 0 Å². The maximum absolute atomic E-state index is 13.2. The smallest absolute Gasteiger partial charge is 0.123 e. The van der Waals surface area contributed by atoms with Crippen molar-refractivity contribution in [2.45, 2.75) is 33.2 Å². The summed E-state index contributed by atoms with van der Waals surface area (Å²) in [5.41, 5.74) is 3.31. The van der Waals surface area contributed by atoms with E-state index in [1.807, 2.05) is 10.7 Å². The molecule has 2 nitrogen and oxygen atoms in total. The quantitative estimate of drug-likeness (QED) is 0.761. The van der Waals surface area contributed by atoms with Gasteiger partial charge in [0.2, 0.25) is 0 Å². The molecule has 0 bridgehead atoms. The van der Waals surface area contributed by atoms with E-state index in [9.17, 15) is 4.39 Å². The summed E-state index contributed by atoms with van der Waals surface area (Å²) in [6.07, 6.45) is 1.88. The SMILES string of the molecule is CCc1nn(Cc2cccc(F)c2)c(CC)c1I. The lowest BCUT2D eigenvalue weighted by Gasteiger charge is -2.06. The van der Waals surface area contributed by atoms with E-state index < -0.39 is 0 Å². The molecule has 18 heavy (non-hydrogen) atoms. The molecule has 0 saturated carbocycles. The molecule has 0 spiro atoms. The minimum atomic E-state index is -0.192. The van der Waals surface area contributed by atoms with Crippen LogP contribution in [0.4, 0.5) is 4.39 Å². The summed E-state index contributed by atoms with van der Waals surface area (Å²) in [5.74, 6) is -0.192. The van der Waals surface area contributed by atoms with Crippen LogP contribution in [0.25, 0.3) is 0 Å². The molecule has 1 aromatic heterocycles. The molecule has 0 aliphatic rings. The summed E-state index contributed by atoms with van der Waals surface area (Å²) in [7, 11) is 0. The van der Waals surface area contributed by atoms with Gasteiger partial charge < -0.3 is 0 Å². The van der Waals surface area contributed by atoms with Crippen LogP contribution in [-0.4, -0.2) is 9.78 Å². The zero-order valence-corrected chi connectivity index (χ0v) is 12.7. The molecule has 0 unspecified atom stereocenters. The molecule has 0 aliphatic carbocycles. The van der Waals surface area contributed by atoms with Gasteiger partial charge in [0.15, 0.2) is 0 Å². The summed E-state index contributed by atoms with van der Waals surface area (Å²) in [6.45, 7) is 4.87. The Balaban J connectivity index is 2.34. The number of aromatic nitrogens is 2. The van der Waals surface area contributed by atoms with Crippen LogP contribution >= 0.6 is 22.6 Å². The normalized spacial score (nSPS) is 10.9. The lowest BCUT2D eigenvalue weighted by atomic mass is 10.2. The Kier molecular flexibility index (Phi) is 4.37. The van der Waals surface area contributed by atoms with Crippen molar-refractivity contribution in [2.24, 2.45) is 0 Å². The summed E-state index contributed by atoms with van der Waals surface area (Å²) in [5, 5.41) is 4.61. The van der Waals surface area contributed by atoms with Gasteiger partial charge in [-0.3, -0.25) is 4.68 Å². The number of hydrogen-bond acceptors (Lipinski definition) is 1. The second kappa shape index (κ2) is 5.82. The van der Waals surface area contributed by atoms with Crippen molar-refractivity contribution < 1.29 is 4.39 Å². The Hall–Kier alpha value is -0.910. The number of aryl methyl sites for hydroxylation is 1. The van der Waals surface area contributed by atoms with Crippen molar-refractivity contribution in [1.82, 2.24) is 9.78 Å². The predicted octanol–water partition coefficient (Wildman–Crippen LogP) is 3.80. The Labute approximate surface area is 120 Å². The molecule has 0 fully saturated rings. The van der Waals surface area contributed by atoms with Gasteiger partial charge in [-0.15, -0.1) is 0 Å². The van der Waals surface area contributed by atoms with Crippen LogP contribution in [0, 0.1) is 9.39 Å². The first-order chi connectivity index (χ1) is 8.65. The first-order valence-corrected chi connectivity index (χ1v) is 7.22. The highest BCUT2D eigenvalue weighted by atomic mass is 127. The van der Waals surface area contributed by atoms with Crippen LogP contribution in [-0.2, 0) is 19.4 Å². The monoisotopic (exact) mass is 358 g/mol. The lowest BCUT2D eigenvalue weighted by Crippen LogP contribution is -2.06. The summed E-state index contributed by atoms with van der Waals surface area (Å²) in [6, 6.07) is 6.71. The molecule has 0 N–H and O–H groups in total. The molecule has 1 aromatic carbocycles. The van der Waals surface area contributed by atoms with Crippen molar-refractivity contribution in [3.05, 3.63) is 50.6 Å². The molecule has 0 radical (unpaired) electrons. The highest BCUT2D eigenvalue weighted by Gasteiger charge is 2.13. The van der Waals surface area contributed by atoms with Crippen molar-refractivity contribution >= 4 is 22.6 Å². The maximum Gasteiger partial charge on any atom is 0.123 e. The second-order valence-electron chi connectivity index (χ2n) is 4.20. The number of benzene rings is 1. The predicted molar refractivity (Wildman–Crippen MR) is 79.2 cm³/mol. The van der Waals surface area contributed by atoms with Gasteiger partial charge in [-0.1, -0.05) is 26.0 Å². The molecule has 0 aliphatic heterocycles. The zero-order chi connectivity index (χ0) is 13.1. The van der Waals surface area contributed by atoms with Crippen LogP contribution in [0.3, 0.4) is 0 Å². The zero-order valence-electron chi connectivity index (χ0n) is 10.6. The van der Waals surface area contributed by atoms with Gasteiger partial charge in [-0.25, -0.2) is 4.39 Å². The van der Waals surface area contributed by atoms with Crippen molar-refractivity contribution in [1.29, 1.82) is 0 Å². The number of nitrogens with zero attached hydrogens (tertiary/aromatic N) is 2. The van der Waals surface area contributed by atoms with Crippen molar-refractivity contribution in [3.8, 4) is 0 Å². The molecular weight excluding hydrogens is 342 g/mol. The summed E-state index contributed by atoms with van der Waals surface area (Å²) < 4.78 is 16.4. The average molecular weight is 358 g/mol. The van der Waals surface area contributed by atoms with Gasteiger partial charge in [-0.2, -0.15) is 5.10 Å². The van der Waals surface area contributed by atoms with Crippen LogP contribution in [0.1, 0.15) is 30.8 Å². The first kappa shape index (κ1) is 13.5. The van der Waals surface area contributed by atoms with E-state index in [4.69, 9.17) is 0 Å². The van der Waals surface area contributed by atoms with Gasteiger partial charge >= 0.3 is 0 Å². The van der Waals surface area contributed by atoms with Crippen LogP contribution in [0.5, 0.6) is 0 Å². The highest BCUT2D eigenvalue weighted by molar-refractivity contribution is 14.1. The van der Waals surface area contributed by atoms with E-state index in [-0.39, 0.29) is 5.82 Å². The van der Waals surface area contributed by atoms with E-state index in [1.54, 1.807) is 12.1 Å². The van der Waals surface area contributed by atoms with Gasteiger partial charge in [0.05, 0.1) is 21.5 Å². The van der Waals surface area contributed by atoms with Gasteiger partial charge in [0.25, 0.3) is 0 Å². The molecule has 2 rings (SSSR count). The van der Waals surface area contributed by atoms with Crippen LogP contribution in [0.15, 0.2) is 24.3 Å². The Morgan fingerprint density at radius 2 is 2.06 bits per heavy atom. The maximum atomic E-state index is 13.2. The Morgan fingerprint density at radius 1 is 1.28 bits per heavy atom. The van der Waals surface area contributed by atoms with Crippen molar-refractivity contribution in [2.75, 3.05) is 0 Å². The average Bonchev–Trinajstić information content (AvgIpc) is 2.65. The molecule has 0 saturated heterocycles. The molecule has 1 heterocycles.